The van der Waals surface area contributed by atoms with E-state index in [4.69, 9.17) is 11.6 Å². The first kappa shape index (κ1) is 20.0. The SMILES string of the molecule is C=CCN(C(=O)CCS(=O)(=O)c1ccc(Cl)cc1)c1nc2c(s1)CCCC2. The van der Waals surface area contributed by atoms with Crippen molar-refractivity contribution in [3.63, 3.8) is 0 Å². The third kappa shape index (κ3) is 4.78. The molecule has 0 N–H and O–H groups in total. The summed E-state index contributed by atoms with van der Waals surface area (Å²) in [6, 6.07) is 5.97. The Morgan fingerprint density at radius 2 is 1.96 bits per heavy atom. The second-order valence-electron chi connectivity index (χ2n) is 6.39. The third-order valence-electron chi connectivity index (χ3n) is 4.44. The molecule has 8 heteroatoms. The van der Waals surface area contributed by atoms with Crippen LogP contribution in [0.1, 0.15) is 29.8 Å². The number of hydrogen-bond acceptors (Lipinski definition) is 5. The fraction of sp³-hybridized carbons (Fsp3) is 0.368. The van der Waals surface area contributed by atoms with Gasteiger partial charge in [0.1, 0.15) is 0 Å². The maximum Gasteiger partial charge on any atom is 0.230 e. The van der Waals surface area contributed by atoms with E-state index in [0.717, 1.165) is 31.4 Å². The molecule has 0 saturated carbocycles. The molecule has 0 atom stereocenters. The van der Waals surface area contributed by atoms with Crippen LogP contribution in [0.25, 0.3) is 0 Å². The van der Waals surface area contributed by atoms with Gasteiger partial charge in [0, 0.05) is 22.9 Å². The van der Waals surface area contributed by atoms with Crippen LogP contribution < -0.4 is 4.90 Å². The van der Waals surface area contributed by atoms with Crippen molar-refractivity contribution in [2.45, 2.75) is 37.0 Å². The molecule has 0 spiro atoms. The van der Waals surface area contributed by atoms with Gasteiger partial charge in [-0.1, -0.05) is 17.7 Å². The number of nitrogens with zero attached hydrogens (tertiary/aromatic N) is 2. The number of aromatic nitrogens is 1. The van der Waals surface area contributed by atoms with Crippen LogP contribution in [0.15, 0.2) is 41.8 Å². The molecule has 3 rings (SSSR count). The number of rotatable bonds is 7. The second-order valence-corrected chi connectivity index (χ2v) is 10.00. The Kier molecular flexibility index (Phi) is 6.34. The van der Waals surface area contributed by atoms with Gasteiger partial charge in [-0.15, -0.1) is 17.9 Å². The number of aryl methyl sites for hydroxylation is 2. The first-order chi connectivity index (χ1) is 12.9. The molecule has 5 nitrogen and oxygen atoms in total. The van der Waals surface area contributed by atoms with Gasteiger partial charge in [0.2, 0.25) is 5.91 Å². The Bertz CT molecular complexity index is 913. The van der Waals surface area contributed by atoms with Gasteiger partial charge < -0.3 is 0 Å². The first-order valence-electron chi connectivity index (χ1n) is 8.79. The fourth-order valence-corrected chi connectivity index (χ4v) is 5.52. The monoisotopic (exact) mass is 424 g/mol. The number of sulfone groups is 1. The standard InChI is InChI=1S/C19H21ClN2O3S2/c1-2-12-22(19-21-16-5-3-4-6-17(16)26-19)18(23)11-13-27(24,25)15-9-7-14(20)8-10-15/h2,7-10H,1,3-6,11-13H2. The molecule has 1 amide bonds. The number of hydrogen-bond donors (Lipinski definition) is 0. The molecule has 1 aromatic heterocycles. The van der Waals surface area contributed by atoms with Crippen molar-refractivity contribution >= 4 is 43.8 Å². The van der Waals surface area contributed by atoms with Crippen molar-refractivity contribution in [2.75, 3.05) is 17.2 Å². The Labute approximate surface area is 168 Å². The van der Waals surface area contributed by atoms with Crippen molar-refractivity contribution in [1.29, 1.82) is 0 Å². The summed E-state index contributed by atoms with van der Waals surface area (Å²) in [5.74, 6) is -0.523. The smallest absolute Gasteiger partial charge is 0.230 e. The molecular weight excluding hydrogens is 404 g/mol. The van der Waals surface area contributed by atoms with E-state index in [1.54, 1.807) is 6.08 Å². The van der Waals surface area contributed by atoms with Crippen LogP contribution >= 0.6 is 22.9 Å². The quantitative estimate of drug-likeness (QED) is 0.628. The largest absolute Gasteiger partial charge is 0.284 e. The summed E-state index contributed by atoms with van der Waals surface area (Å²) in [6.45, 7) is 4.02. The predicted octanol–water partition coefficient (Wildman–Crippen LogP) is 4.06. The molecule has 1 aliphatic carbocycles. The van der Waals surface area contributed by atoms with Crippen LogP contribution in [-0.2, 0) is 27.5 Å². The lowest BCUT2D eigenvalue weighted by molar-refractivity contribution is -0.118. The van der Waals surface area contributed by atoms with E-state index in [1.165, 1.54) is 45.4 Å². The van der Waals surface area contributed by atoms with Crippen molar-refractivity contribution in [3.8, 4) is 0 Å². The molecule has 0 fully saturated rings. The van der Waals surface area contributed by atoms with Gasteiger partial charge in [0.05, 0.1) is 16.3 Å². The number of anilines is 1. The summed E-state index contributed by atoms with van der Waals surface area (Å²) >= 11 is 7.33. The van der Waals surface area contributed by atoms with E-state index in [9.17, 15) is 13.2 Å². The Balaban J connectivity index is 1.72. The normalized spacial score (nSPS) is 13.8. The van der Waals surface area contributed by atoms with Crippen molar-refractivity contribution < 1.29 is 13.2 Å². The average molecular weight is 425 g/mol. The maximum atomic E-state index is 12.7. The number of benzene rings is 1. The molecule has 2 aromatic rings. The van der Waals surface area contributed by atoms with Gasteiger partial charge in [-0.05, 0) is 49.9 Å². The molecule has 0 unspecified atom stereocenters. The van der Waals surface area contributed by atoms with Crippen LogP contribution in [0.4, 0.5) is 5.13 Å². The third-order valence-corrected chi connectivity index (χ3v) is 7.60. The lowest BCUT2D eigenvalue weighted by Gasteiger charge is -2.18. The molecule has 1 aliphatic rings. The number of amides is 1. The molecule has 0 radical (unpaired) electrons. The molecule has 0 saturated heterocycles. The van der Waals surface area contributed by atoms with E-state index in [-0.39, 0.29) is 23.0 Å². The van der Waals surface area contributed by atoms with Crippen molar-refractivity contribution in [2.24, 2.45) is 0 Å². The highest BCUT2D eigenvalue weighted by molar-refractivity contribution is 7.91. The minimum absolute atomic E-state index is 0.108. The van der Waals surface area contributed by atoms with Gasteiger partial charge >= 0.3 is 0 Å². The van der Waals surface area contributed by atoms with E-state index < -0.39 is 9.84 Å². The van der Waals surface area contributed by atoms with Crippen LogP contribution in [0, 0.1) is 0 Å². The van der Waals surface area contributed by atoms with Gasteiger partial charge in [-0.3, -0.25) is 9.69 Å². The average Bonchev–Trinajstić information content (AvgIpc) is 3.08. The Morgan fingerprint density at radius 3 is 2.63 bits per heavy atom. The van der Waals surface area contributed by atoms with Crippen molar-refractivity contribution in [1.82, 2.24) is 4.98 Å². The Morgan fingerprint density at radius 1 is 1.26 bits per heavy atom. The van der Waals surface area contributed by atoms with Gasteiger partial charge in [0.15, 0.2) is 15.0 Å². The van der Waals surface area contributed by atoms with Gasteiger partial charge in [0.25, 0.3) is 0 Å². The number of halogens is 1. The molecule has 0 bridgehead atoms. The summed E-state index contributed by atoms with van der Waals surface area (Å²) in [6.07, 6.45) is 5.71. The number of thiazole rings is 1. The predicted molar refractivity (Wildman–Crippen MR) is 109 cm³/mol. The topological polar surface area (TPSA) is 67.3 Å². The highest BCUT2D eigenvalue weighted by Gasteiger charge is 2.24. The summed E-state index contributed by atoms with van der Waals surface area (Å²) in [5, 5.41) is 1.10. The highest BCUT2D eigenvalue weighted by Crippen LogP contribution is 2.32. The summed E-state index contributed by atoms with van der Waals surface area (Å²) < 4.78 is 25.0. The van der Waals surface area contributed by atoms with Crippen LogP contribution in [-0.4, -0.2) is 31.6 Å². The minimum Gasteiger partial charge on any atom is -0.284 e. The number of carbonyl (C=O) groups excluding carboxylic acids is 1. The summed E-state index contributed by atoms with van der Waals surface area (Å²) in [4.78, 5) is 20.3. The zero-order valence-corrected chi connectivity index (χ0v) is 17.2. The van der Waals surface area contributed by atoms with E-state index in [2.05, 4.69) is 11.6 Å². The molecule has 144 valence electrons. The van der Waals surface area contributed by atoms with Crippen LogP contribution in [0.2, 0.25) is 5.02 Å². The molecule has 0 aliphatic heterocycles. The Hall–Kier alpha value is -1.70. The molecule has 27 heavy (non-hydrogen) atoms. The molecule has 1 aromatic carbocycles. The second kappa shape index (κ2) is 8.54. The zero-order chi connectivity index (χ0) is 19.4. The molecular formula is C19H21ClN2O3S2. The van der Waals surface area contributed by atoms with E-state index >= 15 is 0 Å². The van der Waals surface area contributed by atoms with Crippen LogP contribution in [0.3, 0.4) is 0 Å². The summed E-state index contributed by atoms with van der Waals surface area (Å²) in [5.41, 5.74) is 1.07. The molecule has 1 heterocycles. The fourth-order valence-electron chi connectivity index (χ4n) is 2.99. The van der Waals surface area contributed by atoms with Gasteiger partial charge in [-0.2, -0.15) is 0 Å². The minimum atomic E-state index is -3.55. The lowest BCUT2D eigenvalue weighted by Crippen LogP contribution is -2.32. The first-order valence-corrected chi connectivity index (χ1v) is 11.6. The lowest BCUT2D eigenvalue weighted by atomic mass is 10.0. The summed E-state index contributed by atoms with van der Waals surface area (Å²) in [7, 11) is -3.55. The van der Waals surface area contributed by atoms with Gasteiger partial charge in [-0.25, -0.2) is 13.4 Å². The van der Waals surface area contributed by atoms with E-state index in [1.807, 2.05) is 0 Å². The zero-order valence-electron chi connectivity index (χ0n) is 14.9. The van der Waals surface area contributed by atoms with Crippen LogP contribution in [0.5, 0.6) is 0 Å². The number of carbonyl (C=O) groups is 1. The number of fused-ring (bicyclic) bond motifs is 1. The maximum absolute atomic E-state index is 12.7. The van der Waals surface area contributed by atoms with Crippen molar-refractivity contribution in [3.05, 3.63) is 52.5 Å². The van der Waals surface area contributed by atoms with E-state index in [0.29, 0.717) is 16.7 Å². The highest BCUT2D eigenvalue weighted by atomic mass is 35.5.